The Bertz CT molecular complexity index is 889. The third-order valence-corrected chi connectivity index (χ3v) is 3.93. The van der Waals surface area contributed by atoms with E-state index in [2.05, 4.69) is 15.5 Å². The Hall–Kier alpha value is -2.37. The smallest absolute Gasteiger partial charge is 0.260 e. The molecule has 0 aliphatic rings. The summed E-state index contributed by atoms with van der Waals surface area (Å²) in [6.07, 6.45) is 3.14. The number of carbonyl (C=O) groups is 1. The maximum atomic E-state index is 11.9. The first-order chi connectivity index (χ1) is 11.1. The van der Waals surface area contributed by atoms with Gasteiger partial charge in [0.05, 0.1) is 33.6 Å². The van der Waals surface area contributed by atoms with Crippen LogP contribution in [-0.2, 0) is 11.3 Å². The molecular weight excluding hydrogens is 335 g/mol. The molecule has 1 amide bonds. The van der Waals surface area contributed by atoms with Crippen LogP contribution in [-0.4, -0.2) is 21.7 Å². The molecule has 0 radical (unpaired) electrons. The van der Waals surface area contributed by atoms with Crippen molar-refractivity contribution in [1.29, 1.82) is 0 Å². The zero-order chi connectivity index (χ0) is 16.2. The predicted octanol–water partition coefficient (Wildman–Crippen LogP) is 3.49. The van der Waals surface area contributed by atoms with Crippen molar-refractivity contribution in [3.8, 4) is 0 Å². The van der Waals surface area contributed by atoms with Crippen molar-refractivity contribution in [2.45, 2.75) is 6.54 Å². The second-order valence-corrected chi connectivity index (χ2v) is 5.64. The number of nitrogens with one attached hydrogen (secondary N) is 1. The van der Waals surface area contributed by atoms with Crippen molar-refractivity contribution in [1.82, 2.24) is 15.0 Å². The molecule has 0 saturated heterocycles. The number of rotatable bonds is 4. The van der Waals surface area contributed by atoms with Gasteiger partial charge in [-0.05, 0) is 29.8 Å². The summed E-state index contributed by atoms with van der Waals surface area (Å²) in [6, 6.07) is 12.7. The van der Waals surface area contributed by atoms with Crippen LogP contribution in [0.2, 0.25) is 10.0 Å². The van der Waals surface area contributed by atoms with E-state index in [1.165, 1.54) is 6.21 Å². The van der Waals surface area contributed by atoms with Gasteiger partial charge in [-0.25, -0.2) is 10.4 Å². The highest BCUT2D eigenvalue weighted by Crippen LogP contribution is 2.21. The standard InChI is InChI=1S/C16H12Cl2N4O/c17-12-6-5-11(7-13(12)18)8-20-21-16(23)9-22-10-19-14-3-1-2-4-15(14)22/h1-8,10H,9H2,(H,21,23)/b20-8-. The van der Waals surface area contributed by atoms with Crippen molar-refractivity contribution < 1.29 is 4.79 Å². The first-order valence-electron chi connectivity index (χ1n) is 6.80. The van der Waals surface area contributed by atoms with E-state index in [0.717, 1.165) is 16.6 Å². The Morgan fingerprint density at radius 1 is 1.22 bits per heavy atom. The third kappa shape index (κ3) is 3.70. The van der Waals surface area contributed by atoms with E-state index in [-0.39, 0.29) is 12.5 Å². The Morgan fingerprint density at radius 3 is 2.87 bits per heavy atom. The molecule has 0 bridgehead atoms. The molecule has 1 N–H and O–H groups in total. The summed E-state index contributed by atoms with van der Waals surface area (Å²) in [5, 5.41) is 4.82. The minimum Gasteiger partial charge on any atom is -0.321 e. The lowest BCUT2D eigenvalue weighted by molar-refractivity contribution is -0.121. The number of benzene rings is 2. The third-order valence-electron chi connectivity index (χ3n) is 3.19. The van der Waals surface area contributed by atoms with E-state index in [1.54, 1.807) is 29.1 Å². The lowest BCUT2D eigenvalue weighted by atomic mass is 10.2. The van der Waals surface area contributed by atoms with Gasteiger partial charge in [0.25, 0.3) is 5.91 Å². The van der Waals surface area contributed by atoms with Gasteiger partial charge in [-0.1, -0.05) is 41.4 Å². The van der Waals surface area contributed by atoms with Crippen LogP contribution in [0.25, 0.3) is 11.0 Å². The quantitative estimate of drug-likeness (QED) is 0.580. The number of halogens is 2. The molecule has 116 valence electrons. The molecule has 0 aliphatic heterocycles. The van der Waals surface area contributed by atoms with E-state index in [9.17, 15) is 4.79 Å². The molecule has 3 rings (SSSR count). The second kappa shape index (κ2) is 6.81. The van der Waals surface area contributed by atoms with Crippen molar-refractivity contribution >= 4 is 46.4 Å². The highest BCUT2D eigenvalue weighted by Gasteiger charge is 2.05. The monoisotopic (exact) mass is 346 g/mol. The molecule has 0 fully saturated rings. The van der Waals surface area contributed by atoms with E-state index in [0.29, 0.717) is 10.0 Å². The summed E-state index contributed by atoms with van der Waals surface area (Å²) < 4.78 is 1.76. The van der Waals surface area contributed by atoms with E-state index < -0.39 is 0 Å². The zero-order valence-electron chi connectivity index (χ0n) is 11.9. The molecule has 7 heteroatoms. The van der Waals surface area contributed by atoms with Crippen LogP contribution in [0.15, 0.2) is 53.9 Å². The SMILES string of the molecule is O=C(Cn1cnc2ccccc21)N/N=C\c1ccc(Cl)c(Cl)c1. The fourth-order valence-electron chi connectivity index (χ4n) is 2.10. The predicted molar refractivity (Wildman–Crippen MR) is 91.9 cm³/mol. The second-order valence-electron chi connectivity index (χ2n) is 4.83. The van der Waals surface area contributed by atoms with Crippen LogP contribution in [0.1, 0.15) is 5.56 Å². The minimum atomic E-state index is -0.246. The summed E-state index contributed by atoms with van der Waals surface area (Å²) in [5.74, 6) is -0.246. The van der Waals surface area contributed by atoms with Gasteiger partial charge in [-0.15, -0.1) is 0 Å². The molecule has 3 aromatic rings. The van der Waals surface area contributed by atoms with Crippen molar-refractivity contribution in [3.63, 3.8) is 0 Å². The number of imidazole rings is 1. The molecule has 0 aliphatic carbocycles. The Morgan fingerprint density at radius 2 is 2.04 bits per heavy atom. The summed E-state index contributed by atoms with van der Waals surface area (Å²) in [6.45, 7) is 0.138. The number of nitrogens with zero attached hydrogens (tertiary/aromatic N) is 3. The molecule has 0 unspecified atom stereocenters. The van der Waals surface area contributed by atoms with Crippen LogP contribution >= 0.6 is 23.2 Å². The Balaban J connectivity index is 1.63. The number of hydrogen-bond acceptors (Lipinski definition) is 3. The van der Waals surface area contributed by atoms with Gasteiger partial charge >= 0.3 is 0 Å². The number of carbonyl (C=O) groups excluding carboxylic acids is 1. The van der Waals surface area contributed by atoms with Gasteiger partial charge in [-0.3, -0.25) is 4.79 Å². The fourth-order valence-corrected chi connectivity index (χ4v) is 2.40. The van der Waals surface area contributed by atoms with Crippen molar-refractivity contribution in [2.75, 3.05) is 0 Å². The number of hydrazone groups is 1. The summed E-state index contributed by atoms with van der Waals surface area (Å²) in [4.78, 5) is 16.2. The average Bonchev–Trinajstić information content (AvgIpc) is 2.94. The highest BCUT2D eigenvalue weighted by atomic mass is 35.5. The number of para-hydroxylation sites is 2. The van der Waals surface area contributed by atoms with Crippen molar-refractivity contribution in [3.05, 3.63) is 64.4 Å². The largest absolute Gasteiger partial charge is 0.321 e. The van der Waals surface area contributed by atoms with Gasteiger partial charge in [0, 0.05) is 0 Å². The van der Waals surface area contributed by atoms with Crippen LogP contribution in [0, 0.1) is 0 Å². The molecule has 0 spiro atoms. The Kier molecular flexibility index (Phi) is 4.60. The van der Waals surface area contributed by atoms with Crippen LogP contribution in [0.3, 0.4) is 0 Å². The number of fused-ring (bicyclic) bond motifs is 1. The van der Waals surface area contributed by atoms with Gasteiger partial charge < -0.3 is 4.57 Å². The lowest BCUT2D eigenvalue weighted by Gasteiger charge is -2.03. The van der Waals surface area contributed by atoms with Gasteiger partial charge in [0.2, 0.25) is 0 Å². The number of hydrogen-bond donors (Lipinski definition) is 1. The average molecular weight is 347 g/mol. The van der Waals surface area contributed by atoms with Crippen LogP contribution < -0.4 is 5.43 Å². The molecule has 0 atom stereocenters. The van der Waals surface area contributed by atoms with Crippen LogP contribution in [0.5, 0.6) is 0 Å². The van der Waals surface area contributed by atoms with E-state index in [1.807, 2.05) is 24.3 Å². The van der Waals surface area contributed by atoms with Crippen LogP contribution in [0.4, 0.5) is 0 Å². The topological polar surface area (TPSA) is 59.3 Å². The molecular formula is C16H12Cl2N4O. The Labute approximate surface area is 142 Å². The maximum absolute atomic E-state index is 11.9. The fraction of sp³-hybridized carbons (Fsp3) is 0.0625. The first-order valence-corrected chi connectivity index (χ1v) is 7.56. The lowest BCUT2D eigenvalue weighted by Crippen LogP contribution is -2.22. The summed E-state index contributed by atoms with van der Waals surface area (Å²) >= 11 is 11.8. The van der Waals surface area contributed by atoms with Gasteiger partial charge in [0.15, 0.2) is 0 Å². The minimum absolute atomic E-state index is 0.138. The molecule has 23 heavy (non-hydrogen) atoms. The number of amides is 1. The van der Waals surface area contributed by atoms with Gasteiger partial charge in [0.1, 0.15) is 6.54 Å². The maximum Gasteiger partial charge on any atom is 0.260 e. The molecule has 1 aromatic heterocycles. The molecule has 5 nitrogen and oxygen atoms in total. The highest BCUT2D eigenvalue weighted by molar-refractivity contribution is 6.42. The molecule has 0 saturated carbocycles. The van der Waals surface area contributed by atoms with Crippen molar-refractivity contribution in [2.24, 2.45) is 5.10 Å². The molecule has 2 aromatic carbocycles. The van der Waals surface area contributed by atoms with E-state index in [4.69, 9.17) is 23.2 Å². The first kappa shape index (κ1) is 15.5. The zero-order valence-corrected chi connectivity index (χ0v) is 13.4. The van der Waals surface area contributed by atoms with Gasteiger partial charge in [-0.2, -0.15) is 5.10 Å². The summed E-state index contributed by atoms with van der Waals surface area (Å²) in [5.41, 5.74) is 4.96. The summed E-state index contributed by atoms with van der Waals surface area (Å²) in [7, 11) is 0. The molecule has 1 heterocycles. The normalized spacial score (nSPS) is 11.2. The number of aromatic nitrogens is 2. The van der Waals surface area contributed by atoms with E-state index >= 15 is 0 Å².